The maximum Gasteiger partial charge on any atom is 0.418 e. The Balaban J connectivity index is 1.69. The van der Waals surface area contributed by atoms with Crippen molar-refractivity contribution in [1.29, 1.82) is 0 Å². The van der Waals surface area contributed by atoms with Crippen molar-refractivity contribution in [2.24, 2.45) is 0 Å². The Bertz CT molecular complexity index is 1140. The van der Waals surface area contributed by atoms with E-state index in [1.54, 1.807) is 6.07 Å². The van der Waals surface area contributed by atoms with Gasteiger partial charge in [0.2, 0.25) is 0 Å². The van der Waals surface area contributed by atoms with Gasteiger partial charge in [0.05, 0.1) is 24.3 Å². The van der Waals surface area contributed by atoms with Crippen molar-refractivity contribution in [3.63, 3.8) is 0 Å². The van der Waals surface area contributed by atoms with Crippen LogP contribution in [0.3, 0.4) is 0 Å². The predicted octanol–water partition coefficient (Wildman–Crippen LogP) is 4.60. The zero-order chi connectivity index (χ0) is 24.3. The first-order valence-electron chi connectivity index (χ1n) is 10.00. The topological polar surface area (TPSA) is 83.0 Å². The molecule has 2 fully saturated rings. The number of pyridine rings is 2. The van der Waals surface area contributed by atoms with Crippen LogP contribution in [0.25, 0.3) is 0 Å². The lowest BCUT2D eigenvalue weighted by Gasteiger charge is -2.45. The van der Waals surface area contributed by atoms with Gasteiger partial charge in [0.1, 0.15) is 17.3 Å². The molecule has 0 saturated carbocycles. The molecule has 2 aromatic rings. The molecule has 0 aromatic carbocycles. The molecule has 1 aliphatic carbocycles. The molecule has 2 spiro atoms. The fourth-order valence-electron chi connectivity index (χ4n) is 4.66. The van der Waals surface area contributed by atoms with Crippen LogP contribution >= 0.6 is 11.6 Å². The number of carbonyl (C=O) groups is 1. The lowest BCUT2D eigenvalue weighted by atomic mass is 9.74. The van der Waals surface area contributed by atoms with Crippen LogP contribution < -0.4 is 9.64 Å². The molecule has 5 rings (SSSR count). The summed E-state index contributed by atoms with van der Waals surface area (Å²) in [5, 5.41) is 0.0298. The molecule has 182 valence electrons. The average Bonchev–Trinajstić information content (AvgIpc) is 3.36. The molecule has 4 heterocycles. The largest absolute Gasteiger partial charge is 0.446 e. The maximum atomic E-state index is 13.2. The van der Waals surface area contributed by atoms with Crippen LogP contribution in [0.15, 0.2) is 24.5 Å². The number of alkyl halides is 5. The number of fused-ring (bicyclic) bond motifs is 3. The van der Waals surface area contributed by atoms with Gasteiger partial charge in [0.15, 0.2) is 17.4 Å². The molecule has 2 saturated heterocycles. The molecule has 0 bridgehead atoms. The van der Waals surface area contributed by atoms with E-state index in [4.69, 9.17) is 25.8 Å². The highest BCUT2D eigenvalue weighted by Gasteiger charge is 2.59. The van der Waals surface area contributed by atoms with Crippen LogP contribution in [0, 0.1) is 0 Å². The number of aromatic nitrogens is 2. The van der Waals surface area contributed by atoms with Crippen molar-refractivity contribution in [1.82, 2.24) is 9.97 Å². The summed E-state index contributed by atoms with van der Waals surface area (Å²) in [6.07, 6.45) is -3.79. The van der Waals surface area contributed by atoms with E-state index in [1.807, 2.05) is 0 Å². The zero-order valence-electron chi connectivity index (χ0n) is 17.1. The Morgan fingerprint density at radius 1 is 1.18 bits per heavy atom. The van der Waals surface area contributed by atoms with E-state index >= 15 is 0 Å². The third-order valence-electron chi connectivity index (χ3n) is 6.04. The number of amides is 1. The summed E-state index contributed by atoms with van der Waals surface area (Å²) in [5.41, 5.74) is -1.98. The molecule has 1 amide bonds. The number of carbonyl (C=O) groups excluding carboxylic acids is 1. The second kappa shape index (κ2) is 7.89. The Kier molecular flexibility index (Phi) is 5.33. The van der Waals surface area contributed by atoms with Gasteiger partial charge >= 0.3 is 18.9 Å². The highest BCUT2D eigenvalue weighted by atomic mass is 35.5. The number of rotatable bonds is 3. The number of halogens is 6. The van der Waals surface area contributed by atoms with E-state index in [-0.39, 0.29) is 37.8 Å². The predicted molar refractivity (Wildman–Crippen MR) is 103 cm³/mol. The summed E-state index contributed by atoms with van der Waals surface area (Å²) in [6.45, 7) is -3.17. The number of hydrogen-bond acceptors (Lipinski definition) is 7. The highest BCUT2D eigenvalue weighted by molar-refractivity contribution is 6.30. The third-order valence-corrected chi connectivity index (χ3v) is 6.33. The van der Waals surface area contributed by atoms with Gasteiger partial charge in [-0.2, -0.15) is 22.0 Å². The molecule has 2 aromatic heterocycles. The van der Waals surface area contributed by atoms with Crippen LogP contribution in [0.2, 0.25) is 5.15 Å². The molecule has 1 atom stereocenters. The Labute approximate surface area is 193 Å². The van der Waals surface area contributed by atoms with Gasteiger partial charge in [0, 0.05) is 18.8 Å². The van der Waals surface area contributed by atoms with Gasteiger partial charge in [-0.3, -0.25) is 0 Å². The third kappa shape index (κ3) is 3.45. The molecule has 0 radical (unpaired) electrons. The van der Waals surface area contributed by atoms with Gasteiger partial charge < -0.3 is 18.9 Å². The first-order chi connectivity index (χ1) is 16.1. The molecule has 0 unspecified atom stereocenters. The number of ether oxygens (including phenoxy) is 4. The summed E-state index contributed by atoms with van der Waals surface area (Å²) >= 11 is 6.39. The van der Waals surface area contributed by atoms with E-state index < -0.39 is 47.3 Å². The zero-order valence-corrected chi connectivity index (χ0v) is 17.8. The van der Waals surface area contributed by atoms with Crippen molar-refractivity contribution in [3.8, 4) is 5.75 Å². The lowest BCUT2D eigenvalue weighted by molar-refractivity contribution is -0.180. The van der Waals surface area contributed by atoms with Crippen molar-refractivity contribution < 1.29 is 45.7 Å². The number of anilines is 1. The van der Waals surface area contributed by atoms with Gasteiger partial charge in [-0.1, -0.05) is 11.6 Å². The highest BCUT2D eigenvalue weighted by Crippen LogP contribution is 2.55. The molecule has 14 heteroatoms. The maximum absolute atomic E-state index is 13.2. The Morgan fingerprint density at radius 3 is 2.59 bits per heavy atom. The smallest absolute Gasteiger partial charge is 0.418 e. The SMILES string of the molecule is O=C1OC[C@@]2(CCC3(OCCO3)c3c2ccnc3Cl)N1c1ncc(C(F)(F)F)cc1OC(F)F. The molecule has 2 aliphatic heterocycles. The minimum atomic E-state index is -4.88. The second-order valence-electron chi connectivity index (χ2n) is 7.82. The summed E-state index contributed by atoms with van der Waals surface area (Å²) in [5.74, 6) is -2.73. The van der Waals surface area contributed by atoms with E-state index in [0.29, 0.717) is 23.4 Å². The van der Waals surface area contributed by atoms with Crippen LogP contribution in [-0.4, -0.2) is 42.5 Å². The van der Waals surface area contributed by atoms with Gasteiger partial charge in [-0.05, 0) is 24.1 Å². The molecule has 3 aliphatic rings. The van der Waals surface area contributed by atoms with Crippen LogP contribution in [-0.2, 0) is 31.7 Å². The summed E-state index contributed by atoms with van der Waals surface area (Å²) in [6, 6.07) is 1.90. The normalized spacial score (nSPS) is 23.6. The van der Waals surface area contributed by atoms with Crippen molar-refractivity contribution in [3.05, 3.63) is 46.4 Å². The Morgan fingerprint density at radius 2 is 1.91 bits per heavy atom. The quantitative estimate of drug-likeness (QED) is 0.444. The first kappa shape index (κ1) is 23.0. The minimum absolute atomic E-state index is 0.0298. The van der Waals surface area contributed by atoms with E-state index in [0.717, 1.165) is 4.90 Å². The standard InChI is InChI=1S/C20H15ClF5N3O5/c21-14-13-11(1-4-27-14)18(2-3-19(13)32-5-6-33-19)9-31-17(30)29(18)15-12(34-16(22)23)7-10(8-28-15)20(24,25)26/h1,4,7-8,16H,2-3,5-6,9H2/t18-/m1/s1. The molecular formula is C20H15ClF5N3O5. The van der Waals surface area contributed by atoms with Gasteiger partial charge in [-0.15, -0.1) is 0 Å². The number of cyclic esters (lactones) is 1. The van der Waals surface area contributed by atoms with E-state index in [2.05, 4.69) is 14.7 Å². The van der Waals surface area contributed by atoms with E-state index in [9.17, 15) is 26.7 Å². The minimum Gasteiger partial charge on any atom is -0.446 e. The van der Waals surface area contributed by atoms with Crippen LogP contribution in [0.5, 0.6) is 5.75 Å². The van der Waals surface area contributed by atoms with Crippen molar-refractivity contribution in [2.45, 2.75) is 37.0 Å². The van der Waals surface area contributed by atoms with E-state index in [1.165, 1.54) is 6.20 Å². The summed E-state index contributed by atoms with van der Waals surface area (Å²) in [4.78, 5) is 21.6. The van der Waals surface area contributed by atoms with Crippen molar-refractivity contribution >= 4 is 23.5 Å². The molecular weight excluding hydrogens is 493 g/mol. The summed E-state index contributed by atoms with van der Waals surface area (Å²) < 4.78 is 87.1. The lowest BCUT2D eigenvalue weighted by Crippen LogP contribution is -2.52. The second-order valence-corrected chi connectivity index (χ2v) is 8.18. The fraction of sp³-hybridized carbons (Fsp3) is 0.450. The van der Waals surface area contributed by atoms with Gasteiger partial charge in [0.25, 0.3) is 0 Å². The monoisotopic (exact) mass is 507 g/mol. The molecule has 34 heavy (non-hydrogen) atoms. The van der Waals surface area contributed by atoms with Gasteiger partial charge in [-0.25, -0.2) is 19.7 Å². The molecule has 8 nitrogen and oxygen atoms in total. The first-order valence-corrected chi connectivity index (χ1v) is 10.4. The number of nitrogens with zero attached hydrogens (tertiary/aromatic N) is 3. The summed E-state index contributed by atoms with van der Waals surface area (Å²) in [7, 11) is 0. The molecule has 0 N–H and O–H groups in total. The van der Waals surface area contributed by atoms with Crippen molar-refractivity contribution in [2.75, 3.05) is 24.7 Å². The fourth-order valence-corrected chi connectivity index (χ4v) is 4.96. The number of hydrogen-bond donors (Lipinski definition) is 0. The van der Waals surface area contributed by atoms with Crippen LogP contribution in [0.4, 0.5) is 32.6 Å². The Hall–Kier alpha value is -2.77. The average molecular weight is 508 g/mol. The van der Waals surface area contributed by atoms with Crippen LogP contribution in [0.1, 0.15) is 29.5 Å².